The monoisotopic (exact) mass is 362 g/mol. The number of ether oxygens (including phenoxy) is 2. The van der Waals surface area contributed by atoms with Gasteiger partial charge in [0, 0.05) is 19.5 Å². The third-order valence-electron chi connectivity index (χ3n) is 3.78. The predicted octanol–water partition coefficient (Wildman–Crippen LogP) is 6.24. The number of halogens is 1. The molecule has 0 amide bonds. The zero-order valence-electron chi connectivity index (χ0n) is 14.1. The second-order valence-corrected chi connectivity index (χ2v) is 6.40. The molecule has 0 aliphatic rings. The van der Waals surface area contributed by atoms with E-state index >= 15 is 0 Å². The summed E-state index contributed by atoms with van der Waals surface area (Å²) in [5, 5.41) is 1.08. The normalized spacial score (nSPS) is 11.8. The molecule has 0 rings (SSSR count). The Bertz CT molecular complexity index is 215. The van der Waals surface area contributed by atoms with Crippen LogP contribution in [0.25, 0.3) is 0 Å². The molecule has 0 saturated carbocycles. The number of unbranched alkanes of at least 4 members (excludes halogenated alkanes) is 9. The topological polar surface area (TPSA) is 18.5 Å². The number of methoxy groups -OCH3 is 2. The first-order valence-electron chi connectivity index (χ1n) is 8.61. The minimum Gasteiger partial charge on any atom is -0.356 e. The van der Waals surface area contributed by atoms with Gasteiger partial charge in [-0.2, -0.15) is 0 Å². The van der Waals surface area contributed by atoms with Crippen LogP contribution in [0.3, 0.4) is 0 Å². The summed E-state index contributed by atoms with van der Waals surface area (Å²) in [6, 6.07) is 0. The summed E-state index contributed by atoms with van der Waals surface area (Å²) < 4.78 is 10.4. The Morgan fingerprint density at radius 3 is 1.71 bits per heavy atom. The van der Waals surface area contributed by atoms with Crippen LogP contribution in [0, 0.1) is 0 Å². The van der Waals surface area contributed by atoms with Crippen molar-refractivity contribution in [3.8, 4) is 0 Å². The highest BCUT2D eigenvalue weighted by molar-refractivity contribution is 9.09. The van der Waals surface area contributed by atoms with Crippen LogP contribution >= 0.6 is 15.9 Å². The second-order valence-electron chi connectivity index (χ2n) is 5.61. The maximum atomic E-state index is 5.18. The van der Waals surface area contributed by atoms with Gasteiger partial charge >= 0.3 is 0 Å². The van der Waals surface area contributed by atoms with Gasteiger partial charge in [-0.15, -0.1) is 0 Å². The summed E-state index contributed by atoms with van der Waals surface area (Å²) >= 11 is 3.43. The molecule has 0 aromatic heterocycles. The first-order valence-corrected chi connectivity index (χ1v) is 9.73. The lowest BCUT2D eigenvalue weighted by molar-refractivity contribution is -0.107. The zero-order valence-corrected chi connectivity index (χ0v) is 15.7. The van der Waals surface area contributed by atoms with Crippen LogP contribution in [-0.2, 0) is 9.47 Å². The molecular formula is C18H35BrO2. The molecule has 2 nitrogen and oxygen atoms in total. The molecule has 0 aromatic carbocycles. The summed E-state index contributed by atoms with van der Waals surface area (Å²) in [7, 11) is 3.43. The number of rotatable bonds is 16. The van der Waals surface area contributed by atoms with E-state index in [1.54, 1.807) is 14.2 Å². The fraction of sp³-hybridized carbons (Fsp3) is 0.889. The third kappa shape index (κ3) is 16.3. The summed E-state index contributed by atoms with van der Waals surface area (Å²) in [6.45, 7) is 0. The summed E-state index contributed by atoms with van der Waals surface area (Å²) in [5.74, 6) is 0. The Labute approximate surface area is 140 Å². The molecule has 0 aliphatic carbocycles. The van der Waals surface area contributed by atoms with Gasteiger partial charge in [0.05, 0.1) is 0 Å². The molecule has 0 saturated heterocycles. The molecule has 0 heterocycles. The van der Waals surface area contributed by atoms with Gasteiger partial charge in [-0.05, 0) is 32.1 Å². The summed E-state index contributed by atoms with van der Waals surface area (Å²) in [5.41, 5.74) is 0. The maximum absolute atomic E-state index is 5.18. The number of hydrogen-bond acceptors (Lipinski definition) is 2. The number of alkyl halides is 1. The van der Waals surface area contributed by atoms with E-state index in [9.17, 15) is 0 Å². The van der Waals surface area contributed by atoms with Crippen molar-refractivity contribution >= 4 is 15.9 Å². The molecule has 0 aromatic rings. The Morgan fingerprint density at radius 2 is 1.19 bits per heavy atom. The highest BCUT2D eigenvalue weighted by atomic mass is 79.9. The Balaban J connectivity index is 3.09. The zero-order chi connectivity index (χ0) is 15.6. The molecule has 0 N–H and O–H groups in total. The van der Waals surface area contributed by atoms with E-state index in [4.69, 9.17) is 9.47 Å². The van der Waals surface area contributed by atoms with Gasteiger partial charge in [0.15, 0.2) is 6.29 Å². The maximum Gasteiger partial charge on any atom is 0.156 e. The van der Waals surface area contributed by atoms with E-state index in [0.29, 0.717) is 0 Å². The fourth-order valence-electron chi connectivity index (χ4n) is 2.44. The van der Waals surface area contributed by atoms with Crippen molar-refractivity contribution < 1.29 is 9.47 Å². The smallest absolute Gasteiger partial charge is 0.156 e. The molecule has 0 bridgehead atoms. The van der Waals surface area contributed by atoms with Crippen molar-refractivity contribution in [2.24, 2.45) is 0 Å². The van der Waals surface area contributed by atoms with Crippen LogP contribution in [0.1, 0.15) is 77.0 Å². The van der Waals surface area contributed by atoms with Gasteiger partial charge in [-0.3, -0.25) is 0 Å². The minimum atomic E-state index is -0.00595. The summed E-state index contributed by atoms with van der Waals surface area (Å²) in [4.78, 5) is 0. The number of hydrogen-bond donors (Lipinski definition) is 0. The lowest BCUT2D eigenvalue weighted by Crippen LogP contribution is -2.12. The first kappa shape index (κ1) is 21.1. The quantitative estimate of drug-likeness (QED) is 0.140. The molecule has 0 atom stereocenters. The van der Waals surface area contributed by atoms with E-state index in [-0.39, 0.29) is 6.29 Å². The van der Waals surface area contributed by atoms with E-state index in [1.807, 2.05) is 0 Å². The predicted molar refractivity (Wildman–Crippen MR) is 96.1 cm³/mol. The van der Waals surface area contributed by atoms with Gasteiger partial charge < -0.3 is 9.47 Å². The van der Waals surface area contributed by atoms with Crippen LogP contribution in [0.15, 0.2) is 12.2 Å². The van der Waals surface area contributed by atoms with Crippen molar-refractivity contribution in [1.82, 2.24) is 0 Å². The molecule has 126 valence electrons. The molecule has 0 unspecified atom stereocenters. The van der Waals surface area contributed by atoms with Gasteiger partial charge in [0.25, 0.3) is 0 Å². The van der Waals surface area contributed by atoms with E-state index in [2.05, 4.69) is 28.1 Å². The van der Waals surface area contributed by atoms with Crippen LogP contribution in [0.2, 0.25) is 0 Å². The second kappa shape index (κ2) is 18.2. The third-order valence-corrected chi connectivity index (χ3v) is 4.24. The van der Waals surface area contributed by atoms with Crippen molar-refractivity contribution in [2.75, 3.05) is 19.5 Å². The van der Waals surface area contributed by atoms with Crippen LogP contribution in [0.5, 0.6) is 0 Å². The lowest BCUT2D eigenvalue weighted by Gasteiger charge is -2.12. The average Bonchev–Trinajstić information content (AvgIpc) is 2.51. The van der Waals surface area contributed by atoms with E-state index in [0.717, 1.165) is 18.2 Å². The molecule has 3 heteroatoms. The standard InChI is InChI=1S/C18H35BrO2/c1-20-18(21-2)16-14-12-10-8-6-4-3-5-7-9-11-13-15-17-19/h11,13,18H,3-10,12,14-17H2,1-2H3/b13-11-. The van der Waals surface area contributed by atoms with Crippen molar-refractivity contribution in [3.63, 3.8) is 0 Å². The lowest BCUT2D eigenvalue weighted by atomic mass is 10.1. The SMILES string of the molecule is COC(CCCCCCCCCCC/C=C\CCBr)OC. The van der Waals surface area contributed by atoms with Crippen LogP contribution < -0.4 is 0 Å². The van der Waals surface area contributed by atoms with Crippen molar-refractivity contribution in [3.05, 3.63) is 12.2 Å². The van der Waals surface area contributed by atoms with Gasteiger partial charge in [0.2, 0.25) is 0 Å². The van der Waals surface area contributed by atoms with E-state index < -0.39 is 0 Å². The van der Waals surface area contributed by atoms with Gasteiger partial charge in [0.1, 0.15) is 0 Å². The van der Waals surface area contributed by atoms with Crippen LogP contribution in [0.4, 0.5) is 0 Å². The molecule has 21 heavy (non-hydrogen) atoms. The summed E-state index contributed by atoms with van der Waals surface area (Å²) in [6.07, 6.45) is 20.3. The van der Waals surface area contributed by atoms with Crippen molar-refractivity contribution in [2.45, 2.75) is 83.3 Å². The van der Waals surface area contributed by atoms with Crippen molar-refractivity contribution in [1.29, 1.82) is 0 Å². The van der Waals surface area contributed by atoms with Crippen LogP contribution in [-0.4, -0.2) is 25.8 Å². The highest BCUT2D eigenvalue weighted by Crippen LogP contribution is 2.13. The number of allylic oxidation sites excluding steroid dienone is 2. The molecular weight excluding hydrogens is 328 g/mol. The molecule has 0 aliphatic heterocycles. The fourth-order valence-corrected chi connectivity index (χ4v) is 2.71. The minimum absolute atomic E-state index is 0.00595. The van der Waals surface area contributed by atoms with Gasteiger partial charge in [-0.1, -0.05) is 73.0 Å². The Kier molecular flexibility index (Phi) is 18.3. The molecule has 0 fully saturated rings. The Hall–Kier alpha value is 0.140. The molecule has 0 radical (unpaired) electrons. The largest absolute Gasteiger partial charge is 0.356 e. The van der Waals surface area contributed by atoms with Gasteiger partial charge in [-0.25, -0.2) is 0 Å². The van der Waals surface area contributed by atoms with E-state index in [1.165, 1.54) is 64.2 Å². The Morgan fingerprint density at radius 1 is 0.714 bits per heavy atom. The molecule has 0 spiro atoms. The average molecular weight is 363 g/mol. The first-order chi connectivity index (χ1) is 10.3. The highest BCUT2D eigenvalue weighted by Gasteiger charge is 2.03.